The zero-order chi connectivity index (χ0) is 14.7. The van der Waals surface area contributed by atoms with Crippen molar-refractivity contribution in [2.45, 2.75) is 6.42 Å². The van der Waals surface area contributed by atoms with Crippen molar-refractivity contribution in [3.8, 4) is 0 Å². The molecule has 0 radical (unpaired) electrons. The summed E-state index contributed by atoms with van der Waals surface area (Å²) in [5.74, 6) is -1.21. The Bertz CT molecular complexity index is 673. The molecule has 0 spiro atoms. The van der Waals surface area contributed by atoms with Crippen LogP contribution in [0.2, 0.25) is 0 Å². The Morgan fingerprint density at radius 3 is 2.90 bits per heavy atom. The maximum absolute atomic E-state index is 13.1. The van der Waals surface area contributed by atoms with Crippen LogP contribution < -0.4 is 11.1 Å². The Balaban J connectivity index is 2.15. The van der Waals surface area contributed by atoms with Crippen LogP contribution >= 0.6 is 11.3 Å². The van der Waals surface area contributed by atoms with Gasteiger partial charge in [0.2, 0.25) is 5.91 Å². The highest BCUT2D eigenvalue weighted by molar-refractivity contribution is 7.13. The predicted octanol–water partition coefficient (Wildman–Crippen LogP) is 1.95. The number of halogens is 1. The van der Waals surface area contributed by atoms with E-state index in [2.05, 4.69) is 10.3 Å². The van der Waals surface area contributed by atoms with E-state index in [1.54, 1.807) is 5.38 Å². The zero-order valence-electron chi connectivity index (χ0n) is 10.00. The average molecular weight is 296 g/mol. The topological polar surface area (TPSA) is 111 Å². The van der Waals surface area contributed by atoms with E-state index >= 15 is 0 Å². The van der Waals surface area contributed by atoms with Crippen molar-refractivity contribution in [3.05, 3.63) is 45.2 Å². The van der Waals surface area contributed by atoms with Gasteiger partial charge in [0.05, 0.1) is 17.0 Å². The molecule has 0 aliphatic carbocycles. The summed E-state index contributed by atoms with van der Waals surface area (Å²) >= 11 is 1.18. The second-order valence-electron chi connectivity index (χ2n) is 3.82. The monoisotopic (exact) mass is 296 g/mol. The molecule has 9 heteroatoms. The highest BCUT2D eigenvalue weighted by Gasteiger charge is 2.17. The van der Waals surface area contributed by atoms with E-state index in [9.17, 15) is 19.3 Å². The van der Waals surface area contributed by atoms with Gasteiger partial charge in [0.1, 0.15) is 11.5 Å². The first kappa shape index (κ1) is 13.9. The number of carbonyl (C=O) groups is 1. The highest BCUT2D eigenvalue weighted by atomic mass is 32.1. The summed E-state index contributed by atoms with van der Waals surface area (Å²) in [5, 5.41) is 15.0. The Hall–Kier alpha value is -2.55. The third-order valence-electron chi connectivity index (χ3n) is 2.34. The molecule has 2 aromatic rings. The number of nitrogen functional groups attached to an aromatic ring is 1. The van der Waals surface area contributed by atoms with Gasteiger partial charge in [-0.2, -0.15) is 0 Å². The van der Waals surface area contributed by atoms with Crippen molar-refractivity contribution in [2.24, 2.45) is 0 Å². The minimum absolute atomic E-state index is 0.0959. The standard InChI is InChI=1S/C11H9FN4O3S/c12-6-1-2-9(16(18)19)8(3-6)15-10(17)4-7-5-20-11(13)14-7/h1-3,5H,4H2,(H2,13,14)(H,15,17). The van der Waals surface area contributed by atoms with Crippen molar-refractivity contribution < 1.29 is 14.1 Å². The number of nitro benzene ring substituents is 1. The normalized spacial score (nSPS) is 10.2. The summed E-state index contributed by atoms with van der Waals surface area (Å²) in [5.41, 5.74) is 5.31. The molecule has 1 amide bonds. The summed E-state index contributed by atoms with van der Waals surface area (Å²) in [7, 11) is 0. The highest BCUT2D eigenvalue weighted by Crippen LogP contribution is 2.25. The molecule has 0 aliphatic rings. The lowest BCUT2D eigenvalue weighted by atomic mass is 10.2. The van der Waals surface area contributed by atoms with E-state index in [-0.39, 0.29) is 17.8 Å². The summed E-state index contributed by atoms with van der Waals surface area (Å²) < 4.78 is 13.1. The minimum atomic E-state index is -0.699. The fourth-order valence-corrected chi connectivity index (χ4v) is 2.09. The molecule has 2 rings (SSSR count). The first-order valence-electron chi connectivity index (χ1n) is 5.39. The van der Waals surface area contributed by atoms with Crippen LogP contribution in [-0.4, -0.2) is 15.8 Å². The summed E-state index contributed by atoms with van der Waals surface area (Å²) in [6.45, 7) is 0. The van der Waals surface area contributed by atoms with Crippen molar-refractivity contribution in [3.63, 3.8) is 0 Å². The fourth-order valence-electron chi connectivity index (χ4n) is 1.53. The third-order valence-corrected chi connectivity index (χ3v) is 3.06. The molecular weight excluding hydrogens is 287 g/mol. The summed E-state index contributed by atoms with van der Waals surface area (Å²) in [6.07, 6.45) is -0.0959. The van der Waals surface area contributed by atoms with Crippen LogP contribution in [0.3, 0.4) is 0 Å². The number of thiazole rings is 1. The molecule has 0 saturated carbocycles. The number of hydrogen-bond donors (Lipinski definition) is 2. The summed E-state index contributed by atoms with van der Waals surface area (Å²) in [6, 6.07) is 2.84. The molecule has 0 aliphatic heterocycles. The van der Waals surface area contributed by atoms with Crippen LogP contribution in [-0.2, 0) is 11.2 Å². The number of hydrogen-bond acceptors (Lipinski definition) is 6. The molecule has 1 aromatic heterocycles. The third kappa shape index (κ3) is 3.26. The molecule has 20 heavy (non-hydrogen) atoms. The number of amides is 1. The van der Waals surface area contributed by atoms with Gasteiger partial charge < -0.3 is 11.1 Å². The van der Waals surface area contributed by atoms with Crippen LogP contribution in [0.4, 0.5) is 20.9 Å². The van der Waals surface area contributed by atoms with Crippen LogP contribution in [0.15, 0.2) is 23.6 Å². The SMILES string of the molecule is Nc1nc(CC(=O)Nc2cc(F)ccc2[N+](=O)[O-])cs1. The van der Waals surface area contributed by atoms with Gasteiger partial charge in [-0.25, -0.2) is 9.37 Å². The van der Waals surface area contributed by atoms with Gasteiger partial charge in [0.15, 0.2) is 5.13 Å². The van der Waals surface area contributed by atoms with Gasteiger partial charge in [-0.15, -0.1) is 11.3 Å². The Morgan fingerprint density at radius 2 is 2.30 bits per heavy atom. The molecular formula is C11H9FN4O3S. The van der Waals surface area contributed by atoms with E-state index in [0.717, 1.165) is 18.2 Å². The predicted molar refractivity (Wildman–Crippen MR) is 71.9 cm³/mol. The van der Waals surface area contributed by atoms with Crippen molar-refractivity contribution in [2.75, 3.05) is 11.1 Å². The number of rotatable bonds is 4. The summed E-state index contributed by atoms with van der Waals surface area (Å²) in [4.78, 5) is 25.7. The second kappa shape index (κ2) is 5.61. The lowest BCUT2D eigenvalue weighted by molar-refractivity contribution is -0.384. The Labute approximate surface area is 116 Å². The number of benzene rings is 1. The zero-order valence-corrected chi connectivity index (χ0v) is 10.8. The molecule has 0 fully saturated rings. The number of nitrogens with two attached hydrogens (primary N) is 1. The van der Waals surface area contributed by atoms with Gasteiger partial charge in [0.25, 0.3) is 5.69 Å². The number of nitrogens with one attached hydrogen (secondary N) is 1. The van der Waals surface area contributed by atoms with E-state index < -0.39 is 16.6 Å². The number of aromatic nitrogens is 1. The van der Waals surface area contributed by atoms with Gasteiger partial charge >= 0.3 is 0 Å². The maximum Gasteiger partial charge on any atom is 0.292 e. The first-order chi connectivity index (χ1) is 9.45. The van der Waals surface area contributed by atoms with Gasteiger partial charge in [-0.3, -0.25) is 14.9 Å². The van der Waals surface area contributed by atoms with Crippen LogP contribution in [0, 0.1) is 15.9 Å². The van der Waals surface area contributed by atoms with E-state index in [4.69, 9.17) is 5.73 Å². The van der Waals surface area contributed by atoms with Crippen LogP contribution in [0.25, 0.3) is 0 Å². The number of anilines is 2. The Morgan fingerprint density at radius 1 is 1.55 bits per heavy atom. The largest absolute Gasteiger partial charge is 0.375 e. The molecule has 104 valence electrons. The molecule has 7 nitrogen and oxygen atoms in total. The lowest BCUT2D eigenvalue weighted by Crippen LogP contribution is -2.15. The van der Waals surface area contributed by atoms with Gasteiger partial charge in [-0.1, -0.05) is 0 Å². The van der Waals surface area contributed by atoms with Gasteiger partial charge in [-0.05, 0) is 6.07 Å². The second-order valence-corrected chi connectivity index (χ2v) is 4.71. The van der Waals surface area contributed by atoms with Crippen molar-refractivity contribution in [1.29, 1.82) is 0 Å². The van der Waals surface area contributed by atoms with Crippen LogP contribution in [0.1, 0.15) is 5.69 Å². The lowest BCUT2D eigenvalue weighted by Gasteiger charge is -2.05. The maximum atomic E-state index is 13.1. The molecule has 0 bridgehead atoms. The number of nitrogens with zero attached hydrogens (tertiary/aromatic N) is 2. The van der Waals surface area contributed by atoms with E-state index in [1.807, 2.05) is 0 Å². The number of carbonyl (C=O) groups excluding carboxylic acids is 1. The Kier molecular flexibility index (Phi) is 3.89. The van der Waals surface area contributed by atoms with Crippen molar-refractivity contribution in [1.82, 2.24) is 4.98 Å². The first-order valence-corrected chi connectivity index (χ1v) is 6.27. The molecule has 1 heterocycles. The minimum Gasteiger partial charge on any atom is -0.375 e. The van der Waals surface area contributed by atoms with E-state index in [1.165, 1.54) is 11.3 Å². The smallest absolute Gasteiger partial charge is 0.292 e. The van der Waals surface area contributed by atoms with Crippen LogP contribution in [0.5, 0.6) is 0 Å². The molecule has 0 unspecified atom stereocenters. The van der Waals surface area contributed by atoms with Crippen molar-refractivity contribution >= 4 is 33.8 Å². The molecule has 0 atom stereocenters. The van der Waals surface area contributed by atoms with E-state index in [0.29, 0.717) is 10.8 Å². The van der Waals surface area contributed by atoms with Gasteiger partial charge in [0, 0.05) is 17.5 Å². The molecule has 0 saturated heterocycles. The fraction of sp³-hybridized carbons (Fsp3) is 0.0909. The molecule has 3 N–H and O–H groups in total. The quantitative estimate of drug-likeness (QED) is 0.661. The number of nitro groups is 1. The average Bonchev–Trinajstić information content (AvgIpc) is 2.74. The molecule has 1 aromatic carbocycles.